The van der Waals surface area contributed by atoms with Crippen molar-refractivity contribution in [2.75, 3.05) is 10.8 Å². The number of rotatable bonds is 12. The van der Waals surface area contributed by atoms with Gasteiger partial charge in [0.2, 0.25) is 11.8 Å². The molecule has 0 heterocycles. The van der Waals surface area contributed by atoms with Gasteiger partial charge in [-0.05, 0) is 67.8 Å². The zero-order valence-electron chi connectivity index (χ0n) is 22.8. The van der Waals surface area contributed by atoms with E-state index in [-0.39, 0.29) is 45.5 Å². The molecular weight excluding hydrogens is 628 g/mol. The highest BCUT2D eigenvalue weighted by Crippen LogP contribution is 2.33. The van der Waals surface area contributed by atoms with Crippen molar-refractivity contribution in [1.29, 1.82) is 0 Å². The summed E-state index contributed by atoms with van der Waals surface area (Å²) in [6.07, 6.45) is 0.976. The Hall–Kier alpha value is -2.49. The molecule has 0 aliphatic heterocycles. The maximum absolute atomic E-state index is 14.1. The van der Waals surface area contributed by atoms with Gasteiger partial charge in [-0.3, -0.25) is 13.9 Å². The maximum atomic E-state index is 14.1. The molecule has 1 N–H and O–H groups in total. The maximum Gasteiger partial charge on any atom is 0.264 e. The molecule has 2 atom stereocenters. The number of benzene rings is 3. The van der Waals surface area contributed by atoms with E-state index in [1.807, 2.05) is 13.8 Å². The first-order chi connectivity index (χ1) is 19.4. The minimum atomic E-state index is -4.26. The summed E-state index contributed by atoms with van der Waals surface area (Å²) in [6, 6.07) is 15.9. The van der Waals surface area contributed by atoms with E-state index in [1.54, 1.807) is 43.3 Å². The Morgan fingerprint density at radius 1 is 0.854 bits per heavy atom. The van der Waals surface area contributed by atoms with Crippen molar-refractivity contribution in [1.82, 2.24) is 10.2 Å². The number of anilines is 1. The number of carbonyl (C=O) groups is 2. The molecule has 0 bridgehead atoms. The van der Waals surface area contributed by atoms with Gasteiger partial charge in [0.15, 0.2) is 0 Å². The third-order valence-corrected chi connectivity index (χ3v) is 9.56. The molecule has 220 valence electrons. The summed E-state index contributed by atoms with van der Waals surface area (Å²) < 4.78 is 28.7. The summed E-state index contributed by atoms with van der Waals surface area (Å²) in [5.41, 5.74) is 0.685. The van der Waals surface area contributed by atoms with Crippen LogP contribution in [0.2, 0.25) is 20.1 Å². The molecule has 0 unspecified atom stereocenters. The second-order valence-corrected chi connectivity index (χ2v) is 13.0. The van der Waals surface area contributed by atoms with Gasteiger partial charge in [-0.25, -0.2) is 8.42 Å². The molecule has 7 nitrogen and oxygen atoms in total. The number of hydrogen-bond acceptors (Lipinski definition) is 4. The fourth-order valence-electron chi connectivity index (χ4n) is 4.11. The SMILES string of the molecule is CC[C@H](C(=O)N[C@@H](C)CC)N(Cc1ccc(Cl)c(Cl)c1)C(=O)CN(c1ccc(Cl)cc1Cl)S(=O)(=O)c1ccccc1. The summed E-state index contributed by atoms with van der Waals surface area (Å²) in [4.78, 5) is 28.8. The summed E-state index contributed by atoms with van der Waals surface area (Å²) in [5.74, 6) is -0.968. The third kappa shape index (κ3) is 8.30. The van der Waals surface area contributed by atoms with E-state index in [4.69, 9.17) is 46.4 Å². The number of nitrogens with one attached hydrogen (secondary N) is 1. The number of hydrogen-bond donors (Lipinski definition) is 1. The van der Waals surface area contributed by atoms with Crippen molar-refractivity contribution in [2.45, 2.75) is 57.1 Å². The molecule has 12 heteroatoms. The van der Waals surface area contributed by atoms with Crippen LogP contribution in [-0.2, 0) is 26.2 Å². The molecule has 0 saturated heterocycles. The van der Waals surface area contributed by atoms with Gasteiger partial charge in [0.05, 0.1) is 25.7 Å². The Morgan fingerprint density at radius 3 is 2.12 bits per heavy atom. The summed E-state index contributed by atoms with van der Waals surface area (Å²) in [7, 11) is -4.26. The lowest BCUT2D eigenvalue weighted by Crippen LogP contribution is -2.53. The molecule has 0 aliphatic carbocycles. The number of amides is 2. The largest absolute Gasteiger partial charge is 0.352 e. The van der Waals surface area contributed by atoms with E-state index >= 15 is 0 Å². The predicted molar refractivity (Wildman–Crippen MR) is 166 cm³/mol. The van der Waals surface area contributed by atoms with Gasteiger partial charge < -0.3 is 10.2 Å². The van der Waals surface area contributed by atoms with Crippen molar-refractivity contribution in [3.8, 4) is 0 Å². The number of nitrogens with zero attached hydrogens (tertiary/aromatic N) is 2. The van der Waals surface area contributed by atoms with Crippen molar-refractivity contribution >= 4 is 73.9 Å². The van der Waals surface area contributed by atoms with Crippen LogP contribution in [0.25, 0.3) is 0 Å². The van der Waals surface area contributed by atoms with Gasteiger partial charge in [-0.1, -0.05) is 84.5 Å². The first kappa shape index (κ1) is 33.0. The van der Waals surface area contributed by atoms with E-state index in [2.05, 4.69) is 5.32 Å². The molecular formula is C29H31Cl4N3O4S. The predicted octanol–water partition coefficient (Wildman–Crippen LogP) is 7.22. The Balaban J connectivity index is 2.10. The molecule has 0 aliphatic rings. The van der Waals surface area contributed by atoms with Crippen LogP contribution in [-0.4, -0.2) is 43.8 Å². The molecule has 3 aromatic carbocycles. The fourth-order valence-corrected chi connectivity index (χ4v) is 6.45. The van der Waals surface area contributed by atoms with Crippen LogP contribution in [0.15, 0.2) is 71.6 Å². The topological polar surface area (TPSA) is 86.8 Å². The van der Waals surface area contributed by atoms with Crippen LogP contribution in [0, 0.1) is 0 Å². The van der Waals surface area contributed by atoms with Crippen molar-refractivity contribution < 1.29 is 18.0 Å². The molecule has 41 heavy (non-hydrogen) atoms. The van der Waals surface area contributed by atoms with E-state index < -0.39 is 28.5 Å². The highest BCUT2D eigenvalue weighted by molar-refractivity contribution is 7.92. The summed E-state index contributed by atoms with van der Waals surface area (Å²) >= 11 is 24.9. The highest BCUT2D eigenvalue weighted by atomic mass is 35.5. The summed E-state index contributed by atoms with van der Waals surface area (Å²) in [6.45, 7) is 4.94. The van der Waals surface area contributed by atoms with Crippen LogP contribution >= 0.6 is 46.4 Å². The monoisotopic (exact) mass is 657 g/mol. The standard InChI is InChI=1S/C29H31Cl4N3O4S/c1-4-19(3)34-29(38)26(5-2)35(17-20-11-13-23(31)24(32)15-20)28(37)18-36(27-14-12-21(30)16-25(27)33)41(39,40)22-9-7-6-8-10-22/h6-16,19,26H,4-5,17-18H2,1-3H3,(H,34,38)/t19-,26+/m0/s1. The van der Waals surface area contributed by atoms with E-state index in [0.29, 0.717) is 22.0 Å². The van der Waals surface area contributed by atoms with Crippen molar-refractivity contribution in [3.63, 3.8) is 0 Å². The van der Waals surface area contributed by atoms with Gasteiger partial charge in [-0.15, -0.1) is 0 Å². The zero-order chi connectivity index (χ0) is 30.3. The normalized spacial score (nSPS) is 12.9. The van der Waals surface area contributed by atoms with Crippen molar-refractivity contribution in [3.05, 3.63) is 92.4 Å². The molecule has 3 aromatic rings. The lowest BCUT2D eigenvalue weighted by molar-refractivity contribution is -0.140. The minimum Gasteiger partial charge on any atom is -0.352 e. The van der Waals surface area contributed by atoms with Crippen LogP contribution in [0.1, 0.15) is 39.2 Å². The van der Waals surface area contributed by atoms with Crippen LogP contribution in [0.3, 0.4) is 0 Å². The van der Waals surface area contributed by atoms with Crippen LogP contribution in [0.5, 0.6) is 0 Å². The lowest BCUT2D eigenvalue weighted by Gasteiger charge is -2.34. The number of sulfonamides is 1. The smallest absolute Gasteiger partial charge is 0.264 e. The van der Waals surface area contributed by atoms with Gasteiger partial charge in [-0.2, -0.15) is 0 Å². The van der Waals surface area contributed by atoms with Gasteiger partial charge >= 0.3 is 0 Å². The van der Waals surface area contributed by atoms with E-state index in [0.717, 1.165) is 4.31 Å². The fraction of sp³-hybridized carbons (Fsp3) is 0.310. The van der Waals surface area contributed by atoms with Gasteiger partial charge in [0, 0.05) is 17.6 Å². The third-order valence-electron chi connectivity index (χ3n) is 6.51. The molecule has 0 spiro atoms. The molecule has 0 saturated carbocycles. The second kappa shape index (κ2) is 14.6. The Labute approximate surface area is 261 Å². The first-order valence-electron chi connectivity index (χ1n) is 13.0. The molecule has 0 fully saturated rings. The lowest BCUT2D eigenvalue weighted by atomic mass is 10.1. The second-order valence-electron chi connectivity index (χ2n) is 9.43. The van der Waals surface area contributed by atoms with E-state index in [9.17, 15) is 18.0 Å². The van der Waals surface area contributed by atoms with Gasteiger partial charge in [0.25, 0.3) is 10.0 Å². The first-order valence-corrected chi connectivity index (χ1v) is 15.9. The zero-order valence-corrected chi connectivity index (χ0v) is 26.6. The van der Waals surface area contributed by atoms with E-state index in [1.165, 1.54) is 35.2 Å². The average Bonchev–Trinajstić information content (AvgIpc) is 2.94. The minimum absolute atomic E-state index is 0.0181. The van der Waals surface area contributed by atoms with Crippen LogP contribution in [0.4, 0.5) is 5.69 Å². The highest BCUT2D eigenvalue weighted by Gasteiger charge is 2.34. The number of halogens is 4. The number of carbonyl (C=O) groups excluding carboxylic acids is 2. The summed E-state index contributed by atoms with van der Waals surface area (Å²) in [5, 5.41) is 3.90. The average molecular weight is 659 g/mol. The van der Waals surface area contributed by atoms with Crippen LogP contribution < -0.4 is 9.62 Å². The Bertz CT molecular complexity index is 1490. The van der Waals surface area contributed by atoms with Gasteiger partial charge in [0.1, 0.15) is 12.6 Å². The Morgan fingerprint density at radius 2 is 1.54 bits per heavy atom. The molecule has 0 radical (unpaired) electrons. The quantitative estimate of drug-likeness (QED) is 0.223. The molecule has 0 aromatic heterocycles. The molecule has 2 amide bonds. The molecule has 3 rings (SSSR count). The van der Waals surface area contributed by atoms with Crippen molar-refractivity contribution in [2.24, 2.45) is 0 Å². The Kier molecular flexibility index (Phi) is 11.8.